The Morgan fingerprint density at radius 2 is 2.09 bits per heavy atom. The molecule has 0 saturated heterocycles. The van der Waals surface area contributed by atoms with E-state index >= 15 is 0 Å². The summed E-state index contributed by atoms with van der Waals surface area (Å²) in [5.74, 6) is -0.582. The molecule has 66 valence electrons. The lowest BCUT2D eigenvalue weighted by atomic mass is 10.2. The Labute approximate surface area is 64.2 Å². The quantitative estimate of drug-likeness (QED) is 0.392. The third-order valence-electron chi connectivity index (χ3n) is 1.02. The minimum Gasteiger partial charge on any atom is -0.394 e. The maximum Gasteiger partial charge on any atom is 0.189 e. The van der Waals surface area contributed by atoms with Gasteiger partial charge in [-0.3, -0.25) is 4.79 Å². The van der Waals surface area contributed by atoms with Crippen LogP contribution >= 0.6 is 0 Å². The minimum absolute atomic E-state index is 0.0594. The van der Waals surface area contributed by atoms with Crippen molar-refractivity contribution in [2.24, 2.45) is 0 Å². The average molecular weight is 164 g/mol. The van der Waals surface area contributed by atoms with E-state index in [0.29, 0.717) is 0 Å². The summed E-state index contributed by atoms with van der Waals surface area (Å²) < 4.78 is 4.60. The van der Waals surface area contributed by atoms with Crippen LogP contribution in [0.2, 0.25) is 0 Å². The first kappa shape index (κ1) is 10.5. The van der Waals surface area contributed by atoms with Gasteiger partial charge in [-0.1, -0.05) is 0 Å². The number of rotatable bonds is 6. The Bertz CT molecular complexity index is 114. The average Bonchev–Trinajstić information content (AvgIpc) is 2.03. The molecule has 0 aliphatic heterocycles. The van der Waals surface area contributed by atoms with E-state index in [1.165, 1.54) is 0 Å². The molecule has 0 aromatic rings. The van der Waals surface area contributed by atoms with Gasteiger partial charge in [0.2, 0.25) is 0 Å². The molecule has 0 aliphatic carbocycles. The Hall–Kier alpha value is -0.490. The molecule has 0 aromatic carbocycles. The van der Waals surface area contributed by atoms with Gasteiger partial charge < -0.3 is 20.1 Å². The van der Waals surface area contributed by atoms with Crippen LogP contribution < -0.4 is 0 Å². The highest BCUT2D eigenvalue weighted by atomic mass is 16.5. The van der Waals surface area contributed by atoms with Crippen LogP contribution in [0.5, 0.6) is 0 Å². The van der Waals surface area contributed by atoms with Crippen molar-refractivity contribution in [2.45, 2.75) is 6.10 Å². The number of ketones is 1. The van der Waals surface area contributed by atoms with Gasteiger partial charge in [0.15, 0.2) is 5.78 Å². The maximum absolute atomic E-state index is 10.6. The lowest BCUT2D eigenvalue weighted by Gasteiger charge is -2.05. The van der Waals surface area contributed by atoms with Gasteiger partial charge in [-0.2, -0.15) is 0 Å². The molecule has 1 atom stereocenters. The number of carbonyl (C=O) groups excluding carboxylic acids is 1. The number of hydrogen-bond acceptors (Lipinski definition) is 5. The molecule has 0 amide bonds. The first-order chi connectivity index (χ1) is 5.22. The van der Waals surface area contributed by atoms with Gasteiger partial charge >= 0.3 is 0 Å². The SMILES string of the molecule is O=C(COCCO)C(O)CO. The summed E-state index contributed by atoms with van der Waals surface area (Å²) >= 11 is 0. The summed E-state index contributed by atoms with van der Waals surface area (Å²) in [5.41, 5.74) is 0. The molecule has 0 rings (SSSR count). The fraction of sp³-hybridized carbons (Fsp3) is 0.833. The van der Waals surface area contributed by atoms with Crippen molar-refractivity contribution < 1.29 is 24.9 Å². The molecule has 11 heavy (non-hydrogen) atoms. The Morgan fingerprint density at radius 3 is 2.55 bits per heavy atom. The summed E-state index contributed by atoms with van der Waals surface area (Å²) in [7, 11) is 0. The summed E-state index contributed by atoms with van der Waals surface area (Å²) in [6.45, 7) is -0.976. The van der Waals surface area contributed by atoms with E-state index in [1.54, 1.807) is 0 Å². The smallest absolute Gasteiger partial charge is 0.189 e. The van der Waals surface area contributed by atoms with Crippen molar-refractivity contribution in [3.63, 3.8) is 0 Å². The summed E-state index contributed by atoms with van der Waals surface area (Å²) in [6.07, 6.45) is -1.37. The van der Waals surface area contributed by atoms with Gasteiger partial charge in [0, 0.05) is 0 Å². The van der Waals surface area contributed by atoms with Crippen LogP contribution in [0.25, 0.3) is 0 Å². The highest BCUT2D eigenvalue weighted by molar-refractivity contribution is 5.84. The normalized spacial score (nSPS) is 13.0. The zero-order valence-electron chi connectivity index (χ0n) is 6.06. The van der Waals surface area contributed by atoms with Crippen LogP contribution in [0.4, 0.5) is 0 Å². The molecule has 0 radical (unpaired) electrons. The van der Waals surface area contributed by atoms with Gasteiger partial charge in [0.05, 0.1) is 19.8 Å². The van der Waals surface area contributed by atoms with Gasteiger partial charge in [-0.15, -0.1) is 0 Å². The first-order valence-corrected chi connectivity index (χ1v) is 3.22. The van der Waals surface area contributed by atoms with Crippen LogP contribution in [-0.4, -0.2) is 53.6 Å². The van der Waals surface area contributed by atoms with Crippen LogP contribution in [0.15, 0.2) is 0 Å². The fourth-order valence-electron chi connectivity index (χ4n) is 0.435. The topological polar surface area (TPSA) is 87.0 Å². The van der Waals surface area contributed by atoms with Gasteiger partial charge in [0.25, 0.3) is 0 Å². The van der Waals surface area contributed by atoms with Gasteiger partial charge in [-0.25, -0.2) is 0 Å². The summed E-state index contributed by atoms with van der Waals surface area (Å²) in [6, 6.07) is 0. The van der Waals surface area contributed by atoms with Crippen molar-refractivity contribution >= 4 is 5.78 Å². The molecule has 0 aromatic heterocycles. The van der Waals surface area contributed by atoms with E-state index in [1.807, 2.05) is 0 Å². The number of carbonyl (C=O) groups is 1. The number of Topliss-reactive ketones (excluding diaryl/α,β-unsaturated/α-hetero) is 1. The van der Waals surface area contributed by atoms with Crippen molar-refractivity contribution in [1.29, 1.82) is 0 Å². The predicted molar refractivity (Wildman–Crippen MR) is 36.0 cm³/mol. The monoisotopic (exact) mass is 164 g/mol. The third-order valence-corrected chi connectivity index (χ3v) is 1.02. The molecule has 5 heteroatoms. The van der Waals surface area contributed by atoms with Crippen LogP contribution in [0.3, 0.4) is 0 Å². The van der Waals surface area contributed by atoms with Gasteiger partial charge in [0.1, 0.15) is 12.7 Å². The zero-order valence-corrected chi connectivity index (χ0v) is 6.06. The minimum atomic E-state index is -1.37. The second-order valence-electron chi connectivity index (χ2n) is 1.94. The van der Waals surface area contributed by atoms with Crippen molar-refractivity contribution in [1.82, 2.24) is 0 Å². The zero-order chi connectivity index (χ0) is 8.69. The van der Waals surface area contributed by atoms with E-state index in [0.717, 1.165) is 0 Å². The third kappa shape index (κ3) is 4.86. The van der Waals surface area contributed by atoms with E-state index in [9.17, 15) is 4.79 Å². The standard InChI is InChI=1S/C6H12O5/c7-1-2-11-4-6(10)5(9)3-8/h5,7-9H,1-4H2. The van der Waals surface area contributed by atoms with Crippen LogP contribution in [0.1, 0.15) is 0 Å². The Balaban J connectivity index is 3.36. The number of hydrogen-bond donors (Lipinski definition) is 3. The van der Waals surface area contributed by atoms with Crippen molar-refractivity contribution in [3.05, 3.63) is 0 Å². The van der Waals surface area contributed by atoms with Crippen LogP contribution in [-0.2, 0) is 9.53 Å². The molecular weight excluding hydrogens is 152 g/mol. The molecule has 1 unspecified atom stereocenters. The van der Waals surface area contributed by atoms with E-state index < -0.39 is 18.5 Å². The summed E-state index contributed by atoms with van der Waals surface area (Å²) in [5, 5.41) is 25.2. The molecule has 0 fully saturated rings. The van der Waals surface area contributed by atoms with E-state index in [4.69, 9.17) is 15.3 Å². The van der Waals surface area contributed by atoms with E-state index in [2.05, 4.69) is 4.74 Å². The maximum atomic E-state index is 10.6. The second kappa shape index (κ2) is 6.23. The summed E-state index contributed by atoms with van der Waals surface area (Å²) in [4.78, 5) is 10.6. The molecule has 0 saturated carbocycles. The first-order valence-electron chi connectivity index (χ1n) is 3.22. The van der Waals surface area contributed by atoms with E-state index in [-0.39, 0.29) is 19.8 Å². The van der Waals surface area contributed by atoms with Gasteiger partial charge in [-0.05, 0) is 0 Å². The highest BCUT2D eigenvalue weighted by Gasteiger charge is 2.12. The van der Waals surface area contributed by atoms with Crippen LogP contribution in [0, 0.1) is 0 Å². The molecule has 3 N–H and O–H groups in total. The number of ether oxygens (including phenoxy) is 1. The molecule has 0 bridgehead atoms. The molecule has 0 spiro atoms. The molecular formula is C6H12O5. The number of aliphatic hydroxyl groups excluding tert-OH is 3. The van der Waals surface area contributed by atoms with Crippen molar-refractivity contribution in [2.75, 3.05) is 26.4 Å². The largest absolute Gasteiger partial charge is 0.394 e. The molecule has 0 aliphatic rings. The Kier molecular flexibility index (Phi) is 5.96. The predicted octanol–water partition coefficient (Wildman–Crippen LogP) is -2.08. The lowest BCUT2D eigenvalue weighted by Crippen LogP contribution is -2.28. The lowest BCUT2D eigenvalue weighted by molar-refractivity contribution is -0.133. The molecule has 0 heterocycles. The molecule has 5 nitrogen and oxygen atoms in total. The van der Waals surface area contributed by atoms with Crippen molar-refractivity contribution in [3.8, 4) is 0 Å². The number of aliphatic hydroxyl groups is 3. The Morgan fingerprint density at radius 1 is 1.45 bits per heavy atom. The highest BCUT2D eigenvalue weighted by Crippen LogP contribution is 1.85. The second-order valence-corrected chi connectivity index (χ2v) is 1.94. The fourth-order valence-corrected chi connectivity index (χ4v) is 0.435.